The fourth-order valence-corrected chi connectivity index (χ4v) is 2.10. The number of hydrogen-bond acceptors (Lipinski definition) is 1. The average Bonchev–Trinajstić information content (AvgIpc) is 2.75. The molecule has 1 N–H and O–H groups in total. The second kappa shape index (κ2) is 3.10. The molecule has 0 heterocycles. The summed E-state index contributed by atoms with van der Waals surface area (Å²) >= 11 is 3.52. The molecule has 1 aliphatic rings. The van der Waals surface area contributed by atoms with Gasteiger partial charge in [0.05, 0.1) is 5.60 Å². The lowest BCUT2D eigenvalue weighted by Gasteiger charge is -2.09. The monoisotopic (exact) mass is 240 g/mol. The van der Waals surface area contributed by atoms with Crippen molar-refractivity contribution in [2.45, 2.75) is 31.8 Å². The molecular weight excluding hydrogens is 228 g/mol. The largest absolute Gasteiger partial charge is 0.390 e. The quantitative estimate of drug-likeness (QED) is 0.844. The molecule has 0 aliphatic heterocycles. The SMILES string of the molecule is Cc1ccc(CC2(O)CC2)c(Br)c1. The number of benzene rings is 1. The summed E-state index contributed by atoms with van der Waals surface area (Å²) in [6.07, 6.45) is 2.69. The highest BCUT2D eigenvalue weighted by Crippen LogP contribution is 2.39. The molecule has 0 bridgehead atoms. The van der Waals surface area contributed by atoms with Crippen molar-refractivity contribution in [3.05, 3.63) is 33.8 Å². The van der Waals surface area contributed by atoms with Crippen LogP contribution in [0.4, 0.5) is 0 Å². The van der Waals surface area contributed by atoms with Gasteiger partial charge in [-0.15, -0.1) is 0 Å². The molecule has 13 heavy (non-hydrogen) atoms. The van der Waals surface area contributed by atoms with Crippen LogP contribution in [0.3, 0.4) is 0 Å². The lowest BCUT2D eigenvalue weighted by molar-refractivity contribution is 0.151. The third kappa shape index (κ3) is 2.12. The highest BCUT2D eigenvalue weighted by atomic mass is 79.9. The number of halogens is 1. The zero-order chi connectivity index (χ0) is 9.47. The molecule has 0 unspecified atom stereocenters. The Morgan fingerprint density at radius 2 is 2.15 bits per heavy atom. The number of rotatable bonds is 2. The molecule has 0 radical (unpaired) electrons. The lowest BCUT2D eigenvalue weighted by atomic mass is 10.1. The fraction of sp³-hybridized carbons (Fsp3) is 0.455. The van der Waals surface area contributed by atoms with Crippen LogP contribution in [-0.2, 0) is 6.42 Å². The van der Waals surface area contributed by atoms with Crippen LogP contribution in [0.15, 0.2) is 22.7 Å². The van der Waals surface area contributed by atoms with Crippen LogP contribution < -0.4 is 0 Å². The third-order valence-electron chi connectivity index (χ3n) is 2.56. The van der Waals surface area contributed by atoms with Gasteiger partial charge in [-0.2, -0.15) is 0 Å². The minimum absolute atomic E-state index is 0.391. The van der Waals surface area contributed by atoms with Crippen molar-refractivity contribution in [3.63, 3.8) is 0 Å². The molecule has 1 nitrogen and oxygen atoms in total. The maximum atomic E-state index is 9.76. The summed E-state index contributed by atoms with van der Waals surface area (Å²) in [4.78, 5) is 0. The van der Waals surface area contributed by atoms with Crippen molar-refractivity contribution >= 4 is 15.9 Å². The summed E-state index contributed by atoms with van der Waals surface area (Å²) in [7, 11) is 0. The van der Waals surface area contributed by atoms with E-state index >= 15 is 0 Å². The van der Waals surface area contributed by atoms with Gasteiger partial charge >= 0.3 is 0 Å². The standard InChI is InChI=1S/C11H13BrO/c1-8-2-3-9(10(12)6-8)7-11(13)4-5-11/h2-3,6,13H,4-5,7H2,1H3. The van der Waals surface area contributed by atoms with Crippen molar-refractivity contribution in [1.82, 2.24) is 0 Å². The smallest absolute Gasteiger partial charge is 0.0690 e. The first-order valence-corrected chi connectivity index (χ1v) is 5.36. The lowest BCUT2D eigenvalue weighted by Crippen LogP contribution is -2.10. The first kappa shape index (κ1) is 9.22. The van der Waals surface area contributed by atoms with E-state index in [4.69, 9.17) is 0 Å². The maximum absolute atomic E-state index is 9.76. The normalized spacial score (nSPS) is 18.7. The molecule has 1 aromatic carbocycles. The van der Waals surface area contributed by atoms with Crippen LogP contribution in [0.1, 0.15) is 24.0 Å². The van der Waals surface area contributed by atoms with Gasteiger partial charge in [-0.05, 0) is 37.0 Å². The van der Waals surface area contributed by atoms with E-state index in [1.165, 1.54) is 11.1 Å². The van der Waals surface area contributed by atoms with Gasteiger partial charge in [0.25, 0.3) is 0 Å². The van der Waals surface area contributed by atoms with Gasteiger partial charge in [0, 0.05) is 10.9 Å². The van der Waals surface area contributed by atoms with E-state index in [-0.39, 0.29) is 0 Å². The van der Waals surface area contributed by atoms with E-state index in [2.05, 4.69) is 41.1 Å². The molecular formula is C11H13BrO. The van der Waals surface area contributed by atoms with Crippen molar-refractivity contribution in [2.24, 2.45) is 0 Å². The molecule has 0 aromatic heterocycles. The molecule has 0 atom stereocenters. The molecule has 1 fully saturated rings. The number of aliphatic hydroxyl groups is 1. The Bertz CT molecular complexity index is 329. The van der Waals surface area contributed by atoms with Crippen LogP contribution in [0.5, 0.6) is 0 Å². The molecule has 1 aliphatic carbocycles. The van der Waals surface area contributed by atoms with Gasteiger partial charge in [0.1, 0.15) is 0 Å². The van der Waals surface area contributed by atoms with Crippen LogP contribution in [0.25, 0.3) is 0 Å². The van der Waals surface area contributed by atoms with E-state index in [0.717, 1.165) is 23.7 Å². The molecule has 1 saturated carbocycles. The van der Waals surface area contributed by atoms with Crippen molar-refractivity contribution in [1.29, 1.82) is 0 Å². The molecule has 2 rings (SSSR count). The summed E-state index contributed by atoms with van der Waals surface area (Å²) in [5.74, 6) is 0. The van der Waals surface area contributed by atoms with E-state index in [1.807, 2.05) is 0 Å². The molecule has 70 valence electrons. The Labute approximate surface area is 86.9 Å². The van der Waals surface area contributed by atoms with Gasteiger partial charge in [-0.3, -0.25) is 0 Å². The van der Waals surface area contributed by atoms with Crippen LogP contribution in [-0.4, -0.2) is 10.7 Å². The molecule has 1 aromatic rings. The van der Waals surface area contributed by atoms with E-state index in [0.29, 0.717) is 0 Å². The van der Waals surface area contributed by atoms with Gasteiger partial charge in [-0.25, -0.2) is 0 Å². The summed E-state index contributed by atoms with van der Waals surface area (Å²) < 4.78 is 1.12. The molecule has 2 heteroatoms. The highest BCUT2D eigenvalue weighted by molar-refractivity contribution is 9.10. The topological polar surface area (TPSA) is 20.2 Å². The first-order chi connectivity index (χ1) is 6.09. The fourth-order valence-electron chi connectivity index (χ4n) is 1.47. The third-order valence-corrected chi connectivity index (χ3v) is 3.29. The van der Waals surface area contributed by atoms with E-state index in [1.54, 1.807) is 0 Å². The van der Waals surface area contributed by atoms with Gasteiger partial charge in [-0.1, -0.05) is 28.1 Å². The van der Waals surface area contributed by atoms with Gasteiger partial charge in [0.2, 0.25) is 0 Å². The second-order valence-corrected chi connectivity index (χ2v) is 4.85. The Morgan fingerprint density at radius 3 is 2.69 bits per heavy atom. The Hall–Kier alpha value is -0.340. The minimum Gasteiger partial charge on any atom is -0.390 e. The van der Waals surface area contributed by atoms with E-state index in [9.17, 15) is 5.11 Å². The zero-order valence-corrected chi connectivity index (χ0v) is 9.26. The van der Waals surface area contributed by atoms with Crippen LogP contribution in [0.2, 0.25) is 0 Å². The number of hydrogen-bond donors (Lipinski definition) is 1. The Balaban J connectivity index is 2.20. The molecule has 0 spiro atoms. The summed E-state index contributed by atoms with van der Waals surface area (Å²) in [5, 5.41) is 9.76. The van der Waals surface area contributed by atoms with Gasteiger partial charge < -0.3 is 5.11 Å². The maximum Gasteiger partial charge on any atom is 0.0690 e. The second-order valence-electron chi connectivity index (χ2n) is 4.00. The van der Waals surface area contributed by atoms with Crippen molar-refractivity contribution in [2.75, 3.05) is 0 Å². The van der Waals surface area contributed by atoms with E-state index < -0.39 is 5.60 Å². The Kier molecular flexibility index (Phi) is 2.20. The first-order valence-electron chi connectivity index (χ1n) is 4.56. The molecule has 0 amide bonds. The van der Waals surface area contributed by atoms with Crippen LogP contribution in [0, 0.1) is 6.92 Å². The predicted molar refractivity (Wildman–Crippen MR) is 56.8 cm³/mol. The van der Waals surface area contributed by atoms with Crippen molar-refractivity contribution < 1.29 is 5.11 Å². The summed E-state index contributed by atoms with van der Waals surface area (Å²) in [6.45, 7) is 2.07. The Morgan fingerprint density at radius 1 is 1.46 bits per heavy atom. The zero-order valence-electron chi connectivity index (χ0n) is 7.68. The minimum atomic E-state index is -0.391. The molecule has 0 saturated heterocycles. The van der Waals surface area contributed by atoms with Crippen molar-refractivity contribution in [3.8, 4) is 0 Å². The van der Waals surface area contributed by atoms with Crippen LogP contribution >= 0.6 is 15.9 Å². The number of aryl methyl sites for hydroxylation is 1. The summed E-state index contributed by atoms with van der Waals surface area (Å²) in [6, 6.07) is 6.28. The predicted octanol–water partition coefficient (Wildman–Crippen LogP) is 2.82. The highest BCUT2D eigenvalue weighted by Gasteiger charge is 2.40. The van der Waals surface area contributed by atoms with Gasteiger partial charge in [0.15, 0.2) is 0 Å². The summed E-state index contributed by atoms with van der Waals surface area (Å²) in [5.41, 5.74) is 2.07. The average molecular weight is 241 g/mol.